The van der Waals surface area contributed by atoms with Gasteiger partial charge < -0.3 is 0 Å². The molecule has 1 heterocycles. The van der Waals surface area contributed by atoms with Crippen LogP contribution in [0.4, 0.5) is 0 Å². The average Bonchev–Trinajstić information content (AvgIpc) is 2.14. The van der Waals surface area contributed by atoms with Crippen molar-refractivity contribution in [1.82, 2.24) is 0 Å². The lowest BCUT2D eigenvalue weighted by atomic mass is 10.2. The van der Waals surface area contributed by atoms with E-state index >= 15 is 0 Å². The lowest BCUT2D eigenvalue weighted by Crippen LogP contribution is -1.93. The van der Waals surface area contributed by atoms with Crippen molar-refractivity contribution in [1.29, 1.82) is 10.0 Å². The van der Waals surface area contributed by atoms with Crippen LogP contribution < -0.4 is 0 Å². The monoisotopic (exact) mass is 128 g/mol. The molecule has 1 rings (SSSR count). The van der Waals surface area contributed by atoms with Crippen LogP contribution in [0.3, 0.4) is 0 Å². The third-order valence-corrected chi connectivity index (χ3v) is 2.83. The van der Waals surface area contributed by atoms with E-state index < -0.39 is 0 Å². The third kappa shape index (κ3) is 1.07. The number of nitriles is 1. The normalized spacial score (nSPS) is 36.9. The quantitative estimate of drug-likeness (QED) is 0.518. The first kappa shape index (κ1) is 5.77. The molecule has 0 spiro atoms. The number of rotatable bonds is 0. The standard InChI is InChI=1S/C5H8N2S/c6-3-5-1-2-8(7)4-5/h5,7H,1-2,4H2/t5-,8?/m0/s1. The molecule has 2 nitrogen and oxygen atoms in total. The average molecular weight is 128 g/mol. The lowest BCUT2D eigenvalue weighted by molar-refractivity contribution is 0.763. The van der Waals surface area contributed by atoms with E-state index in [9.17, 15) is 0 Å². The predicted octanol–water partition coefficient (Wildman–Crippen LogP) is 0.911. The zero-order chi connectivity index (χ0) is 5.98. The maximum atomic E-state index is 8.35. The molecule has 8 heavy (non-hydrogen) atoms. The number of nitrogens with one attached hydrogen (secondary N) is 1. The Morgan fingerprint density at radius 3 is 2.75 bits per heavy atom. The van der Waals surface area contributed by atoms with Gasteiger partial charge in [-0.25, -0.2) is 0 Å². The minimum atomic E-state index is -0.175. The van der Waals surface area contributed by atoms with E-state index in [0.29, 0.717) is 0 Å². The molecule has 1 saturated heterocycles. The first-order valence-electron chi connectivity index (χ1n) is 2.61. The summed E-state index contributed by atoms with van der Waals surface area (Å²) in [5.74, 6) is 1.99. The van der Waals surface area contributed by atoms with Crippen LogP contribution in [0.25, 0.3) is 0 Å². The van der Waals surface area contributed by atoms with Gasteiger partial charge in [-0.2, -0.15) is 5.26 Å². The van der Waals surface area contributed by atoms with E-state index in [1.807, 2.05) is 0 Å². The molecule has 1 aliphatic rings. The minimum absolute atomic E-state index is 0.175. The molecule has 0 radical (unpaired) electrons. The van der Waals surface area contributed by atoms with Crippen molar-refractivity contribution in [3.63, 3.8) is 0 Å². The lowest BCUT2D eigenvalue weighted by Gasteiger charge is -1.88. The largest absolute Gasteiger partial charge is 0.280 e. The van der Waals surface area contributed by atoms with Crippen molar-refractivity contribution in [3.8, 4) is 6.07 Å². The van der Waals surface area contributed by atoms with E-state index in [1.165, 1.54) is 0 Å². The van der Waals surface area contributed by atoms with Gasteiger partial charge in [0.15, 0.2) is 0 Å². The summed E-state index contributed by atoms with van der Waals surface area (Å²) >= 11 is 0. The fourth-order valence-corrected chi connectivity index (χ4v) is 2.26. The Hall–Kier alpha value is -0.360. The predicted molar refractivity (Wildman–Crippen MR) is 33.5 cm³/mol. The highest BCUT2D eigenvalue weighted by molar-refractivity contribution is 7.86. The smallest absolute Gasteiger partial charge is 0.0665 e. The van der Waals surface area contributed by atoms with E-state index in [0.717, 1.165) is 17.9 Å². The van der Waals surface area contributed by atoms with Gasteiger partial charge >= 0.3 is 0 Å². The van der Waals surface area contributed by atoms with Gasteiger partial charge in [-0.3, -0.25) is 4.78 Å². The molecule has 44 valence electrons. The fourth-order valence-electron chi connectivity index (χ4n) is 0.796. The molecule has 1 fully saturated rings. The molecule has 0 bridgehead atoms. The summed E-state index contributed by atoms with van der Waals surface area (Å²) in [6.07, 6.45) is 0.961. The minimum Gasteiger partial charge on any atom is -0.280 e. The van der Waals surface area contributed by atoms with Crippen LogP contribution in [-0.2, 0) is 10.7 Å². The summed E-state index contributed by atoms with van der Waals surface area (Å²) in [4.78, 5) is 0. The van der Waals surface area contributed by atoms with Gasteiger partial charge in [-0.1, -0.05) is 0 Å². The first-order valence-corrected chi connectivity index (χ1v) is 4.17. The summed E-state index contributed by atoms with van der Waals surface area (Å²) in [6.45, 7) is 0. The molecule has 0 aromatic heterocycles. The van der Waals surface area contributed by atoms with Crippen LogP contribution >= 0.6 is 0 Å². The molecule has 1 unspecified atom stereocenters. The Balaban J connectivity index is 2.47. The fraction of sp³-hybridized carbons (Fsp3) is 0.800. The van der Waals surface area contributed by atoms with Crippen LogP contribution in [0.1, 0.15) is 6.42 Å². The number of hydrogen-bond acceptors (Lipinski definition) is 2. The van der Waals surface area contributed by atoms with Crippen molar-refractivity contribution < 1.29 is 0 Å². The highest BCUT2D eigenvalue weighted by Gasteiger charge is 2.16. The van der Waals surface area contributed by atoms with Crippen molar-refractivity contribution in [2.24, 2.45) is 5.92 Å². The Labute approximate surface area is 51.4 Å². The summed E-state index contributed by atoms with van der Waals surface area (Å²) < 4.78 is 7.24. The van der Waals surface area contributed by atoms with E-state index in [1.54, 1.807) is 0 Å². The van der Waals surface area contributed by atoms with Gasteiger partial charge in [0.05, 0.1) is 12.0 Å². The van der Waals surface area contributed by atoms with Crippen molar-refractivity contribution in [2.75, 3.05) is 11.5 Å². The van der Waals surface area contributed by atoms with Gasteiger partial charge in [-0.15, -0.1) is 10.7 Å². The Morgan fingerprint density at radius 2 is 2.50 bits per heavy atom. The van der Waals surface area contributed by atoms with E-state index in [4.69, 9.17) is 10.0 Å². The topological polar surface area (TPSA) is 47.6 Å². The Bertz CT molecular complexity index is 147. The molecule has 3 heteroatoms. The molecular weight excluding hydrogens is 120 g/mol. The molecule has 0 aromatic rings. The first-order chi connectivity index (χ1) is 3.83. The second-order valence-electron chi connectivity index (χ2n) is 1.98. The van der Waals surface area contributed by atoms with Crippen LogP contribution in [0.2, 0.25) is 0 Å². The van der Waals surface area contributed by atoms with Gasteiger partial charge in [0.25, 0.3) is 0 Å². The maximum absolute atomic E-state index is 8.35. The highest BCUT2D eigenvalue weighted by atomic mass is 32.2. The molecule has 1 aliphatic heterocycles. The van der Waals surface area contributed by atoms with Crippen molar-refractivity contribution in [3.05, 3.63) is 0 Å². The molecule has 1 N–H and O–H groups in total. The van der Waals surface area contributed by atoms with Gasteiger partial charge in [0.2, 0.25) is 0 Å². The van der Waals surface area contributed by atoms with E-state index in [-0.39, 0.29) is 16.6 Å². The van der Waals surface area contributed by atoms with Crippen LogP contribution in [-0.4, -0.2) is 11.5 Å². The van der Waals surface area contributed by atoms with Crippen LogP contribution in [0.5, 0.6) is 0 Å². The molecule has 0 aromatic carbocycles. The zero-order valence-electron chi connectivity index (χ0n) is 4.55. The van der Waals surface area contributed by atoms with Gasteiger partial charge in [0.1, 0.15) is 0 Å². The summed E-state index contributed by atoms with van der Waals surface area (Å²) in [7, 11) is -0.175. The summed E-state index contributed by atoms with van der Waals surface area (Å²) in [6, 6.07) is 2.18. The Morgan fingerprint density at radius 1 is 1.75 bits per heavy atom. The van der Waals surface area contributed by atoms with E-state index in [2.05, 4.69) is 6.07 Å². The van der Waals surface area contributed by atoms with Gasteiger partial charge in [0, 0.05) is 11.5 Å². The third-order valence-electron chi connectivity index (χ3n) is 1.30. The van der Waals surface area contributed by atoms with Gasteiger partial charge in [-0.05, 0) is 6.42 Å². The van der Waals surface area contributed by atoms with Crippen LogP contribution in [0, 0.1) is 22.0 Å². The second-order valence-corrected chi connectivity index (χ2v) is 3.71. The number of hydrogen-bond donors (Lipinski definition) is 1. The second kappa shape index (κ2) is 2.27. The summed E-state index contributed by atoms with van der Waals surface area (Å²) in [5.41, 5.74) is 0. The number of nitrogens with zero attached hydrogens (tertiary/aromatic N) is 1. The molecule has 0 aliphatic carbocycles. The SMILES string of the molecule is N#C[C@@H]1CCS(=N)C1. The van der Waals surface area contributed by atoms with Crippen molar-refractivity contribution >= 4 is 10.7 Å². The highest BCUT2D eigenvalue weighted by Crippen LogP contribution is 2.13. The Kier molecular flexibility index (Phi) is 1.64. The van der Waals surface area contributed by atoms with Crippen LogP contribution in [0.15, 0.2) is 0 Å². The molecule has 0 amide bonds. The maximum Gasteiger partial charge on any atom is 0.0665 e. The zero-order valence-corrected chi connectivity index (χ0v) is 5.37. The molecular formula is C5H8N2S. The summed E-state index contributed by atoms with van der Waals surface area (Å²) in [5, 5.41) is 8.35. The molecule has 2 atom stereocenters. The van der Waals surface area contributed by atoms with Crippen molar-refractivity contribution in [2.45, 2.75) is 6.42 Å². The molecule has 0 saturated carbocycles.